The zero-order chi connectivity index (χ0) is 15.4. The Labute approximate surface area is 125 Å². The molecule has 0 bridgehead atoms. The first-order chi connectivity index (χ1) is 10.0. The number of hydrogen-bond acceptors (Lipinski definition) is 3. The van der Waals surface area contributed by atoms with Crippen LogP contribution in [-0.4, -0.2) is 39.1 Å². The second-order valence-electron chi connectivity index (χ2n) is 5.45. The third kappa shape index (κ3) is 3.42. The van der Waals surface area contributed by atoms with Crippen molar-refractivity contribution in [3.63, 3.8) is 0 Å². The van der Waals surface area contributed by atoms with Crippen LogP contribution in [0.25, 0.3) is 11.0 Å². The minimum atomic E-state index is -0.845. The van der Waals surface area contributed by atoms with Crippen LogP contribution >= 0.6 is 0 Å². The average molecular weight is 289 g/mol. The molecule has 1 unspecified atom stereocenters. The molecule has 1 aromatic carbocycles. The van der Waals surface area contributed by atoms with Gasteiger partial charge in [0.25, 0.3) is 0 Å². The van der Waals surface area contributed by atoms with E-state index in [-0.39, 0.29) is 12.6 Å². The van der Waals surface area contributed by atoms with Crippen molar-refractivity contribution < 1.29 is 9.90 Å². The first-order valence-corrected chi connectivity index (χ1v) is 7.41. The zero-order valence-electron chi connectivity index (χ0n) is 12.9. The van der Waals surface area contributed by atoms with Crippen LogP contribution in [0.1, 0.15) is 38.6 Å². The number of para-hydroxylation sites is 2. The lowest BCUT2D eigenvalue weighted by atomic mass is 10.2. The molecule has 114 valence electrons. The molecule has 0 aliphatic heterocycles. The highest BCUT2D eigenvalue weighted by Gasteiger charge is 2.20. The third-order valence-corrected chi connectivity index (χ3v) is 3.88. The first-order valence-electron chi connectivity index (χ1n) is 7.41. The number of benzene rings is 1. The van der Waals surface area contributed by atoms with Crippen molar-refractivity contribution in [2.24, 2.45) is 0 Å². The number of nitrogens with zero attached hydrogens (tertiary/aromatic N) is 3. The lowest BCUT2D eigenvalue weighted by molar-refractivity contribution is -0.137. The largest absolute Gasteiger partial charge is 0.480 e. The van der Waals surface area contributed by atoms with Gasteiger partial charge in [0, 0.05) is 0 Å². The van der Waals surface area contributed by atoms with E-state index in [2.05, 4.69) is 30.8 Å². The number of imidazole rings is 1. The molecule has 0 amide bonds. The molecule has 1 atom stereocenters. The van der Waals surface area contributed by atoms with E-state index in [0.717, 1.165) is 36.2 Å². The fourth-order valence-corrected chi connectivity index (χ4v) is 2.51. The van der Waals surface area contributed by atoms with Crippen molar-refractivity contribution in [2.75, 3.05) is 13.6 Å². The second-order valence-corrected chi connectivity index (χ2v) is 5.45. The van der Waals surface area contributed by atoms with Crippen LogP contribution in [0.3, 0.4) is 0 Å². The summed E-state index contributed by atoms with van der Waals surface area (Å²) in [4.78, 5) is 18.0. The van der Waals surface area contributed by atoms with Gasteiger partial charge in [-0.3, -0.25) is 9.69 Å². The number of rotatable bonds is 7. The van der Waals surface area contributed by atoms with Gasteiger partial charge in [-0.1, -0.05) is 25.5 Å². The molecule has 2 aromatic rings. The molecule has 2 rings (SSSR count). The molecular formula is C16H23N3O2. The van der Waals surface area contributed by atoms with Gasteiger partial charge >= 0.3 is 5.97 Å². The van der Waals surface area contributed by atoms with Crippen LogP contribution in [0.2, 0.25) is 0 Å². The predicted octanol–water partition coefficient (Wildman–Crippen LogP) is 2.91. The average Bonchev–Trinajstić information content (AvgIpc) is 2.82. The summed E-state index contributed by atoms with van der Waals surface area (Å²) in [5.74, 6) is -0.0278. The van der Waals surface area contributed by atoms with Crippen LogP contribution in [-0.2, 0) is 11.3 Å². The van der Waals surface area contributed by atoms with E-state index >= 15 is 0 Å². The van der Waals surface area contributed by atoms with Gasteiger partial charge in [0.2, 0.25) is 0 Å². The Bertz CT molecular complexity index is 621. The molecule has 1 aromatic heterocycles. The summed E-state index contributed by atoms with van der Waals surface area (Å²) < 4.78 is 1.81. The maximum atomic E-state index is 11.2. The van der Waals surface area contributed by atoms with Gasteiger partial charge in [0.15, 0.2) is 0 Å². The molecule has 0 aliphatic rings. The Balaban J connectivity index is 2.39. The number of hydrogen-bond donors (Lipinski definition) is 1. The van der Waals surface area contributed by atoms with Gasteiger partial charge in [-0.05, 0) is 39.1 Å². The normalized spacial score (nSPS) is 13.0. The Morgan fingerprint density at radius 2 is 2.14 bits per heavy atom. The molecule has 0 fully saturated rings. The molecule has 21 heavy (non-hydrogen) atoms. The smallest absolute Gasteiger partial charge is 0.323 e. The summed E-state index contributed by atoms with van der Waals surface area (Å²) in [7, 11) is 2.06. The van der Waals surface area contributed by atoms with E-state index < -0.39 is 5.97 Å². The predicted molar refractivity (Wildman–Crippen MR) is 83.3 cm³/mol. The van der Waals surface area contributed by atoms with Crippen LogP contribution in [0.15, 0.2) is 24.3 Å². The fourth-order valence-electron chi connectivity index (χ4n) is 2.51. The van der Waals surface area contributed by atoms with E-state index in [9.17, 15) is 4.79 Å². The molecular weight excluding hydrogens is 266 g/mol. The van der Waals surface area contributed by atoms with E-state index in [0.29, 0.717) is 0 Å². The summed E-state index contributed by atoms with van der Waals surface area (Å²) in [5.41, 5.74) is 1.73. The summed E-state index contributed by atoms with van der Waals surface area (Å²) in [5, 5.41) is 9.17. The van der Waals surface area contributed by atoms with E-state index in [4.69, 9.17) is 5.11 Å². The van der Waals surface area contributed by atoms with Gasteiger partial charge in [-0.25, -0.2) is 4.98 Å². The number of aromatic nitrogens is 2. The summed E-state index contributed by atoms with van der Waals surface area (Å²) in [6.45, 7) is 5.17. The van der Waals surface area contributed by atoms with E-state index in [1.807, 2.05) is 28.8 Å². The number of carbonyl (C=O) groups is 1. The minimum absolute atomic E-state index is 0.0538. The fraction of sp³-hybridized carbons (Fsp3) is 0.500. The summed E-state index contributed by atoms with van der Waals surface area (Å²) in [6, 6.07) is 7.78. The van der Waals surface area contributed by atoms with Gasteiger partial charge < -0.3 is 9.67 Å². The van der Waals surface area contributed by atoms with E-state index in [1.165, 1.54) is 0 Å². The molecule has 0 spiro atoms. The Kier molecular flexibility index (Phi) is 4.96. The topological polar surface area (TPSA) is 58.4 Å². The molecule has 0 aliphatic carbocycles. The second kappa shape index (κ2) is 6.72. The van der Waals surface area contributed by atoms with Gasteiger partial charge in [0.05, 0.1) is 17.1 Å². The number of aliphatic carboxylic acids is 1. The SMILES string of the molecule is CCCCN(C)C(C)c1nc2ccccc2n1CC(=O)O. The van der Waals surface area contributed by atoms with Crippen molar-refractivity contribution in [1.29, 1.82) is 0 Å². The van der Waals surface area contributed by atoms with Crippen LogP contribution < -0.4 is 0 Å². The lowest BCUT2D eigenvalue weighted by Gasteiger charge is -2.24. The Morgan fingerprint density at radius 3 is 2.81 bits per heavy atom. The molecule has 0 saturated carbocycles. The van der Waals surface area contributed by atoms with Crippen LogP contribution in [0.5, 0.6) is 0 Å². The van der Waals surface area contributed by atoms with Crippen LogP contribution in [0, 0.1) is 0 Å². The number of carboxylic acids is 1. The lowest BCUT2D eigenvalue weighted by Crippen LogP contribution is -2.27. The van der Waals surface area contributed by atoms with Crippen molar-refractivity contribution in [3.05, 3.63) is 30.1 Å². The molecule has 5 nitrogen and oxygen atoms in total. The maximum Gasteiger partial charge on any atom is 0.323 e. The van der Waals surface area contributed by atoms with Crippen LogP contribution in [0.4, 0.5) is 0 Å². The highest BCUT2D eigenvalue weighted by Crippen LogP contribution is 2.24. The Morgan fingerprint density at radius 1 is 1.43 bits per heavy atom. The molecule has 0 radical (unpaired) electrons. The van der Waals surface area contributed by atoms with Crippen molar-refractivity contribution in [3.8, 4) is 0 Å². The maximum absolute atomic E-state index is 11.2. The number of carboxylic acid groups (broad SMARTS) is 1. The van der Waals surface area contributed by atoms with Crippen molar-refractivity contribution in [2.45, 2.75) is 39.3 Å². The van der Waals surface area contributed by atoms with Gasteiger partial charge in [-0.2, -0.15) is 0 Å². The van der Waals surface area contributed by atoms with Crippen molar-refractivity contribution >= 4 is 17.0 Å². The minimum Gasteiger partial charge on any atom is -0.480 e. The first kappa shape index (κ1) is 15.5. The molecule has 1 heterocycles. The Hall–Kier alpha value is -1.88. The van der Waals surface area contributed by atoms with Crippen molar-refractivity contribution in [1.82, 2.24) is 14.5 Å². The monoisotopic (exact) mass is 289 g/mol. The quantitative estimate of drug-likeness (QED) is 0.851. The third-order valence-electron chi connectivity index (χ3n) is 3.88. The molecule has 1 N–H and O–H groups in total. The zero-order valence-corrected chi connectivity index (χ0v) is 12.9. The molecule has 5 heteroatoms. The summed E-state index contributed by atoms with van der Waals surface area (Å²) in [6.07, 6.45) is 2.27. The van der Waals surface area contributed by atoms with Gasteiger partial charge in [0.1, 0.15) is 12.4 Å². The summed E-state index contributed by atoms with van der Waals surface area (Å²) >= 11 is 0. The highest BCUT2D eigenvalue weighted by atomic mass is 16.4. The standard InChI is InChI=1S/C16H23N3O2/c1-4-5-10-18(3)12(2)16-17-13-8-6-7-9-14(13)19(16)11-15(20)21/h6-9,12H,4-5,10-11H2,1-3H3,(H,20,21). The highest BCUT2D eigenvalue weighted by molar-refractivity contribution is 5.78. The van der Waals surface area contributed by atoms with E-state index in [1.54, 1.807) is 0 Å². The molecule has 0 saturated heterocycles. The number of fused-ring (bicyclic) bond motifs is 1. The van der Waals surface area contributed by atoms with Gasteiger partial charge in [-0.15, -0.1) is 0 Å². The number of unbranched alkanes of at least 4 members (excludes halogenated alkanes) is 1.